The van der Waals surface area contributed by atoms with E-state index in [4.69, 9.17) is 5.41 Å². The molecular formula is C25H36F2N4O2. The molecule has 1 atom stereocenters. The number of allylic oxidation sites excluding steroid dienone is 1. The van der Waals surface area contributed by atoms with E-state index in [1.54, 1.807) is 6.92 Å². The predicted octanol–water partition coefficient (Wildman–Crippen LogP) is 4.80. The Kier molecular flexibility index (Phi) is 10.6. The zero-order valence-corrected chi connectivity index (χ0v) is 20.5. The molecule has 0 spiro atoms. The van der Waals surface area contributed by atoms with Gasteiger partial charge in [0.05, 0.1) is 6.10 Å². The van der Waals surface area contributed by atoms with E-state index in [0.717, 1.165) is 23.1 Å². The highest BCUT2D eigenvalue weighted by Gasteiger charge is 2.27. The lowest BCUT2D eigenvalue weighted by Gasteiger charge is -2.32. The number of halogens is 2. The van der Waals surface area contributed by atoms with E-state index in [0.29, 0.717) is 30.8 Å². The molecule has 0 radical (unpaired) electrons. The minimum Gasteiger partial charge on any atom is -0.389 e. The van der Waals surface area contributed by atoms with Crippen LogP contribution in [-0.4, -0.2) is 51.3 Å². The number of aromatic nitrogens is 1. The Hall–Kier alpha value is -2.87. The van der Waals surface area contributed by atoms with Crippen molar-refractivity contribution in [3.63, 3.8) is 0 Å². The summed E-state index contributed by atoms with van der Waals surface area (Å²) in [5.74, 6) is -3.41. The highest BCUT2D eigenvalue weighted by Crippen LogP contribution is 2.30. The Morgan fingerprint density at radius 3 is 2.61 bits per heavy atom. The minimum atomic E-state index is -2.95. The number of hydrogen-bond donors (Lipinski definition) is 2. The number of nitrogens with zero attached hydrogens (tertiary/aromatic N) is 3. The van der Waals surface area contributed by atoms with E-state index < -0.39 is 17.9 Å². The number of carbonyl (C=O) groups excluding carboxylic acids is 1. The standard InChI is InChI=1S/C22H28F2N4O2.C3H8/c1-14(10-20(25)27(5)21(30)7-6-15(2)29)16(3)28-9-8-19-17(13-28)11-18(12-26-19)22(4,23)24;1-3-2/h6-7,10-12,15,25,29H,3,8-9,13H2,1-2,4-5H3;3H2,1-2H3/b7-6+,14-10-,25-20?;. The highest BCUT2D eigenvalue weighted by atomic mass is 19.3. The molecule has 2 heterocycles. The fourth-order valence-corrected chi connectivity index (χ4v) is 2.98. The van der Waals surface area contributed by atoms with Gasteiger partial charge in [-0.3, -0.25) is 20.1 Å². The van der Waals surface area contributed by atoms with Crippen molar-refractivity contribution in [2.24, 2.45) is 0 Å². The van der Waals surface area contributed by atoms with Gasteiger partial charge in [0.1, 0.15) is 5.84 Å². The summed E-state index contributed by atoms with van der Waals surface area (Å²) in [5, 5.41) is 17.4. The lowest BCUT2D eigenvalue weighted by Crippen LogP contribution is -2.32. The summed E-state index contributed by atoms with van der Waals surface area (Å²) < 4.78 is 27.3. The van der Waals surface area contributed by atoms with Crippen LogP contribution in [0.1, 0.15) is 57.9 Å². The quantitative estimate of drug-likeness (QED) is 0.275. The van der Waals surface area contributed by atoms with Crippen LogP contribution in [0.2, 0.25) is 0 Å². The Bertz CT molecular complexity index is 917. The summed E-state index contributed by atoms with van der Waals surface area (Å²) in [6.07, 6.45) is 6.42. The van der Waals surface area contributed by atoms with Gasteiger partial charge >= 0.3 is 0 Å². The number of hydrogen-bond acceptors (Lipinski definition) is 5. The van der Waals surface area contributed by atoms with Gasteiger partial charge in [-0.1, -0.05) is 32.9 Å². The highest BCUT2D eigenvalue weighted by molar-refractivity contribution is 6.06. The summed E-state index contributed by atoms with van der Waals surface area (Å²) in [6.45, 7) is 13.5. The molecule has 0 bridgehead atoms. The number of rotatable bonds is 6. The molecule has 1 aromatic rings. The average Bonchev–Trinajstić information content (AvgIpc) is 2.75. The molecule has 1 aliphatic rings. The molecule has 1 unspecified atom stereocenters. The van der Waals surface area contributed by atoms with Crippen molar-refractivity contribution in [1.82, 2.24) is 14.8 Å². The smallest absolute Gasteiger partial charge is 0.272 e. The van der Waals surface area contributed by atoms with Crippen molar-refractivity contribution in [1.29, 1.82) is 5.41 Å². The third kappa shape index (κ3) is 8.53. The summed E-state index contributed by atoms with van der Waals surface area (Å²) in [4.78, 5) is 19.3. The summed E-state index contributed by atoms with van der Waals surface area (Å²) in [5.41, 5.74) is 2.76. The number of amidine groups is 1. The van der Waals surface area contributed by atoms with Gasteiger partial charge in [-0.25, -0.2) is 8.78 Å². The van der Waals surface area contributed by atoms with Gasteiger partial charge in [0.25, 0.3) is 11.8 Å². The Morgan fingerprint density at radius 1 is 1.45 bits per heavy atom. The van der Waals surface area contributed by atoms with Crippen LogP contribution in [0.5, 0.6) is 0 Å². The van der Waals surface area contributed by atoms with Gasteiger partial charge < -0.3 is 10.0 Å². The molecule has 0 aliphatic carbocycles. The molecular weight excluding hydrogens is 426 g/mol. The summed E-state index contributed by atoms with van der Waals surface area (Å²) in [6, 6.07) is 1.49. The van der Waals surface area contributed by atoms with Gasteiger partial charge in [-0.2, -0.15) is 0 Å². The van der Waals surface area contributed by atoms with Gasteiger partial charge in [0.2, 0.25) is 0 Å². The molecule has 2 rings (SSSR count). The van der Waals surface area contributed by atoms with Crippen LogP contribution in [0.25, 0.3) is 0 Å². The summed E-state index contributed by atoms with van der Waals surface area (Å²) in [7, 11) is 1.47. The number of aliphatic hydroxyl groups excluding tert-OH is 1. The van der Waals surface area contributed by atoms with Crippen LogP contribution in [-0.2, 0) is 23.7 Å². The molecule has 0 aromatic carbocycles. The first-order valence-corrected chi connectivity index (χ1v) is 11.0. The lowest BCUT2D eigenvalue weighted by molar-refractivity contribution is -0.121. The van der Waals surface area contributed by atoms with Crippen LogP contribution >= 0.6 is 0 Å². The van der Waals surface area contributed by atoms with Crippen LogP contribution in [0.3, 0.4) is 0 Å². The third-order valence-corrected chi connectivity index (χ3v) is 4.95. The maximum atomic E-state index is 13.6. The number of pyridine rings is 1. The van der Waals surface area contributed by atoms with Gasteiger partial charge in [-0.05, 0) is 37.1 Å². The van der Waals surface area contributed by atoms with Crippen LogP contribution in [0, 0.1) is 5.41 Å². The molecule has 1 aliphatic heterocycles. The molecule has 0 saturated carbocycles. The van der Waals surface area contributed by atoms with Crippen LogP contribution < -0.4 is 0 Å². The fourth-order valence-electron chi connectivity index (χ4n) is 2.98. The molecule has 182 valence electrons. The topological polar surface area (TPSA) is 80.5 Å². The van der Waals surface area contributed by atoms with E-state index in [-0.39, 0.29) is 11.4 Å². The zero-order chi connectivity index (χ0) is 25.3. The number of nitrogens with one attached hydrogen (secondary N) is 1. The molecule has 0 saturated heterocycles. The van der Waals surface area contributed by atoms with Gasteiger partial charge in [0.15, 0.2) is 0 Å². The number of amides is 1. The molecule has 8 heteroatoms. The van der Waals surface area contributed by atoms with Crippen molar-refractivity contribution in [2.75, 3.05) is 13.6 Å². The SMILES string of the molecule is C=C(/C(C)=C\C(=N)N(C)C(=O)/C=C/C(C)O)N1CCc2ncc(C(C)(F)F)cc2C1.CCC. The van der Waals surface area contributed by atoms with Gasteiger partial charge in [-0.15, -0.1) is 0 Å². The zero-order valence-electron chi connectivity index (χ0n) is 20.5. The number of aliphatic hydroxyl groups is 1. The first-order valence-electron chi connectivity index (χ1n) is 11.0. The maximum absolute atomic E-state index is 13.6. The van der Waals surface area contributed by atoms with Crippen molar-refractivity contribution >= 4 is 11.7 Å². The summed E-state index contributed by atoms with van der Waals surface area (Å²) >= 11 is 0. The van der Waals surface area contributed by atoms with Crippen molar-refractivity contribution in [3.05, 3.63) is 65.2 Å². The second kappa shape index (κ2) is 12.4. The van der Waals surface area contributed by atoms with E-state index in [9.17, 15) is 18.7 Å². The second-order valence-corrected chi connectivity index (χ2v) is 8.25. The second-order valence-electron chi connectivity index (χ2n) is 8.25. The van der Waals surface area contributed by atoms with Crippen molar-refractivity contribution in [3.8, 4) is 0 Å². The monoisotopic (exact) mass is 462 g/mol. The normalized spacial score (nSPS) is 14.8. The number of fused-ring (bicyclic) bond motifs is 1. The van der Waals surface area contributed by atoms with Crippen molar-refractivity contribution < 1.29 is 18.7 Å². The van der Waals surface area contributed by atoms with E-state index in [1.807, 2.05) is 4.90 Å². The molecule has 1 aromatic heterocycles. The molecule has 1 amide bonds. The van der Waals surface area contributed by atoms with E-state index in [2.05, 4.69) is 25.4 Å². The molecule has 33 heavy (non-hydrogen) atoms. The Balaban J connectivity index is 0.00000172. The largest absolute Gasteiger partial charge is 0.389 e. The molecule has 6 nitrogen and oxygen atoms in total. The molecule has 2 N–H and O–H groups in total. The predicted molar refractivity (Wildman–Crippen MR) is 128 cm³/mol. The van der Waals surface area contributed by atoms with E-state index in [1.165, 1.54) is 50.9 Å². The fraction of sp³-hybridized carbons (Fsp3) is 0.480. The lowest BCUT2D eigenvalue weighted by atomic mass is 10.0. The van der Waals surface area contributed by atoms with E-state index >= 15 is 0 Å². The third-order valence-electron chi connectivity index (χ3n) is 4.95. The molecule has 0 fully saturated rings. The maximum Gasteiger partial charge on any atom is 0.272 e. The Labute approximate surface area is 195 Å². The number of carbonyl (C=O) groups is 1. The van der Waals surface area contributed by atoms with Crippen LogP contribution in [0.4, 0.5) is 8.78 Å². The van der Waals surface area contributed by atoms with Crippen molar-refractivity contribution in [2.45, 2.75) is 66.0 Å². The van der Waals surface area contributed by atoms with Gasteiger partial charge in [0, 0.05) is 62.7 Å². The van der Waals surface area contributed by atoms with Crippen LogP contribution in [0.15, 0.2) is 48.3 Å². The number of alkyl halides is 2. The number of likely N-dealkylation sites (N-methyl/N-ethyl adjacent to an activating group) is 1. The Morgan fingerprint density at radius 2 is 2.06 bits per heavy atom. The first-order chi connectivity index (χ1) is 15.3. The average molecular weight is 463 g/mol. The first kappa shape index (κ1) is 28.2. The minimum absolute atomic E-state index is 0.0270.